The van der Waals surface area contributed by atoms with Crippen LogP contribution in [0.5, 0.6) is 0 Å². The van der Waals surface area contributed by atoms with Gasteiger partial charge in [-0.3, -0.25) is 4.79 Å². The van der Waals surface area contributed by atoms with Crippen molar-refractivity contribution >= 4 is 22.9 Å². The van der Waals surface area contributed by atoms with Crippen molar-refractivity contribution in [2.45, 2.75) is 26.3 Å². The van der Waals surface area contributed by atoms with Gasteiger partial charge in [-0.25, -0.2) is 4.98 Å². The second-order valence-electron chi connectivity index (χ2n) is 5.31. The predicted octanol–water partition coefficient (Wildman–Crippen LogP) is 3.07. The SMILES string of the molecule is Cc1ccc2nc(C(=O)N[C@H](C)Cc3ccsc3)cn2c1. The summed E-state index contributed by atoms with van der Waals surface area (Å²) in [7, 11) is 0. The fraction of sp³-hybridized carbons (Fsp3) is 0.250. The molecule has 0 saturated heterocycles. The van der Waals surface area contributed by atoms with Gasteiger partial charge in [-0.2, -0.15) is 11.3 Å². The van der Waals surface area contributed by atoms with Crippen molar-refractivity contribution in [3.63, 3.8) is 0 Å². The minimum atomic E-state index is -0.126. The van der Waals surface area contributed by atoms with Crippen LogP contribution in [0.3, 0.4) is 0 Å². The lowest BCUT2D eigenvalue weighted by atomic mass is 10.1. The second-order valence-corrected chi connectivity index (χ2v) is 6.09. The molecule has 21 heavy (non-hydrogen) atoms. The van der Waals surface area contributed by atoms with Crippen LogP contribution in [0.25, 0.3) is 5.65 Å². The highest BCUT2D eigenvalue weighted by Gasteiger charge is 2.14. The summed E-state index contributed by atoms with van der Waals surface area (Å²) >= 11 is 1.67. The zero-order valence-corrected chi connectivity index (χ0v) is 12.9. The van der Waals surface area contributed by atoms with Gasteiger partial charge in [-0.05, 0) is 54.3 Å². The molecule has 3 heterocycles. The molecule has 0 unspecified atom stereocenters. The number of aryl methyl sites for hydroxylation is 1. The molecule has 0 radical (unpaired) electrons. The lowest BCUT2D eigenvalue weighted by Crippen LogP contribution is -2.34. The van der Waals surface area contributed by atoms with Gasteiger partial charge in [0, 0.05) is 18.4 Å². The van der Waals surface area contributed by atoms with E-state index < -0.39 is 0 Å². The van der Waals surface area contributed by atoms with Crippen LogP contribution in [0.15, 0.2) is 41.4 Å². The molecule has 0 aliphatic heterocycles. The van der Waals surface area contributed by atoms with E-state index in [9.17, 15) is 4.79 Å². The van der Waals surface area contributed by atoms with Crippen molar-refractivity contribution < 1.29 is 4.79 Å². The normalized spacial score (nSPS) is 12.5. The summed E-state index contributed by atoms with van der Waals surface area (Å²) in [6.45, 7) is 4.03. The molecule has 1 amide bonds. The fourth-order valence-electron chi connectivity index (χ4n) is 2.32. The van der Waals surface area contributed by atoms with Crippen molar-refractivity contribution in [3.05, 3.63) is 58.2 Å². The van der Waals surface area contributed by atoms with E-state index in [4.69, 9.17) is 0 Å². The predicted molar refractivity (Wildman–Crippen MR) is 84.9 cm³/mol. The molecule has 1 atom stereocenters. The largest absolute Gasteiger partial charge is 0.348 e. The molecule has 108 valence electrons. The number of pyridine rings is 1. The highest BCUT2D eigenvalue weighted by molar-refractivity contribution is 7.07. The van der Waals surface area contributed by atoms with E-state index in [0.717, 1.165) is 17.6 Å². The van der Waals surface area contributed by atoms with Gasteiger partial charge in [0.25, 0.3) is 5.91 Å². The first kappa shape index (κ1) is 13.8. The smallest absolute Gasteiger partial charge is 0.271 e. The van der Waals surface area contributed by atoms with Crippen molar-refractivity contribution in [3.8, 4) is 0 Å². The Morgan fingerprint density at radius 2 is 2.24 bits per heavy atom. The molecule has 0 spiro atoms. The lowest BCUT2D eigenvalue weighted by Gasteiger charge is -2.11. The zero-order chi connectivity index (χ0) is 14.8. The number of nitrogens with zero attached hydrogens (tertiary/aromatic N) is 2. The van der Waals surface area contributed by atoms with E-state index in [0.29, 0.717) is 5.69 Å². The quantitative estimate of drug-likeness (QED) is 0.805. The number of carbonyl (C=O) groups is 1. The summed E-state index contributed by atoms with van der Waals surface area (Å²) < 4.78 is 1.88. The summed E-state index contributed by atoms with van der Waals surface area (Å²) in [6, 6.07) is 6.07. The molecule has 1 N–H and O–H groups in total. The van der Waals surface area contributed by atoms with Crippen LogP contribution in [-0.4, -0.2) is 21.3 Å². The minimum absolute atomic E-state index is 0.0821. The summed E-state index contributed by atoms with van der Waals surface area (Å²) in [5.74, 6) is -0.126. The van der Waals surface area contributed by atoms with Gasteiger partial charge in [-0.15, -0.1) is 0 Å². The summed E-state index contributed by atoms with van der Waals surface area (Å²) in [5, 5.41) is 7.16. The summed E-state index contributed by atoms with van der Waals surface area (Å²) in [5.41, 5.74) is 3.63. The van der Waals surface area contributed by atoms with Crippen LogP contribution in [0.1, 0.15) is 28.5 Å². The number of amides is 1. The van der Waals surface area contributed by atoms with Crippen LogP contribution < -0.4 is 5.32 Å². The van der Waals surface area contributed by atoms with Gasteiger partial charge in [0.1, 0.15) is 11.3 Å². The number of aromatic nitrogens is 2. The van der Waals surface area contributed by atoms with Crippen LogP contribution >= 0.6 is 11.3 Å². The maximum Gasteiger partial charge on any atom is 0.271 e. The van der Waals surface area contributed by atoms with Crippen molar-refractivity contribution in [2.24, 2.45) is 0 Å². The number of fused-ring (bicyclic) bond motifs is 1. The van der Waals surface area contributed by atoms with Crippen LogP contribution in [0, 0.1) is 6.92 Å². The topological polar surface area (TPSA) is 46.4 Å². The Morgan fingerprint density at radius 1 is 1.38 bits per heavy atom. The molecule has 3 rings (SSSR count). The van der Waals surface area contributed by atoms with Crippen LogP contribution in [-0.2, 0) is 6.42 Å². The average Bonchev–Trinajstić information content (AvgIpc) is 3.06. The van der Waals surface area contributed by atoms with Crippen molar-refractivity contribution in [1.29, 1.82) is 0 Å². The molecule has 3 aromatic heterocycles. The molecule has 0 aromatic carbocycles. The number of hydrogen-bond donors (Lipinski definition) is 1. The van der Waals surface area contributed by atoms with Crippen LogP contribution in [0.2, 0.25) is 0 Å². The Kier molecular flexibility index (Phi) is 3.75. The standard InChI is InChI=1S/C16H17N3OS/c1-11-3-4-15-18-14(9-19(15)8-11)16(20)17-12(2)7-13-5-6-21-10-13/h3-6,8-10,12H,7H2,1-2H3,(H,17,20)/t12-/m1/s1. The van der Waals surface area contributed by atoms with Gasteiger partial charge in [0.05, 0.1) is 0 Å². The molecular formula is C16H17N3OS. The molecule has 0 bridgehead atoms. The maximum atomic E-state index is 12.3. The van der Waals surface area contributed by atoms with Gasteiger partial charge < -0.3 is 9.72 Å². The van der Waals surface area contributed by atoms with Crippen molar-refractivity contribution in [1.82, 2.24) is 14.7 Å². The second kappa shape index (κ2) is 5.69. The minimum Gasteiger partial charge on any atom is -0.348 e. The first-order valence-electron chi connectivity index (χ1n) is 6.89. The van der Waals surface area contributed by atoms with E-state index in [1.807, 2.05) is 42.0 Å². The van der Waals surface area contributed by atoms with Crippen molar-refractivity contribution in [2.75, 3.05) is 0 Å². The Bertz CT molecular complexity index is 761. The monoisotopic (exact) mass is 299 g/mol. The highest BCUT2D eigenvalue weighted by Crippen LogP contribution is 2.10. The first-order chi connectivity index (χ1) is 10.1. The third-order valence-corrected chi connectivity index (χ3v) is 4.06. The zero-order valence-electron chi connectivity index (χ0n) is 12.0. The molecule has 4 nitrogen and oxygen atoms in total. The summed E-state index contributed by atoms with van der Waals surface area (Å²) in [6.07, 6.45) is 4.57. The first-order valence-corrected chi connectivity index (χ1v) is 7.83. The third kappa shape index (κ3) is 3.13. The number of nitrogens with one attached hydrogen (secondary N) is 1. The molecule has 0 aliphatic rings. The van der Waals surface area contributed by atoms with Gasteiger partial charge >= 0.3 is 0 Å². The molecule has 5 heteroatoms. The van der Waals surface area contributed by atoms with Gasteiger partial charge in [-0.1, -0.05) is 6.07 Å². The fourth-order valence-corrected chi connectivity index (χ4v) is 3.01. The van der Waals surface area contributed by atoms with Gasteiger partial charge in [0.15, 0.2) is 0 Å². The number of thiophene rings is 1. The number of imidazole rings is 1. The Labute approximate surface area is 127 Å². The number of carbonyl (C=O) groups excluding carboxylic acids is 1. The maximum absolute atomic E-state index is 12.3. The van der Waals surface area contributed by atoms with E-state index in [-0.39, 0.29) is 11.9 Å². The Hall–Kier alpha value is -2.14. The highest BCUT2D eigenvalue weighted by atomic mass is 32.1. The number of hydrogen-bond acceptors (Lipinski definition) is 3. The van der Waals surface area contributed by atoms with E-state index in [1.165, 1.54) is 5.56 Å². The van der Waals surface area contributed by atoms with E-state index in [2.05, 4.69) is 21.7 Å². The van der Waals surface area contributed by atoms with E-state index in [1.54, 1.807) is 17.5 Å². The number of rotatable bonds is 4. The van der Waals surface area contributed by atoms with Gasteiger partial charge in [0.2, 0.25) is 0 Å². The lowest BCUT2D eigenvalue weighted by molar-refractivity contribution is 0.0935. The average molecular weight is 299 g/mol. The Balaban J connectivity index is 1.71. The molecule has 0 saturated carbocycles. The molecular weight excluding hydrogens is 282 g/mol. The molecule has 0 aliphatic carbocycles. The van der Waals surface area contributed by atoms with Crippen LogP contribution in [0.4, 0.5) is 0 Å². The third-order valence-electron chi connectivity index (χ3n) is 3.33. The van der Waals surface area contributed by atoms with E-state index >= 15 is 0 Å². The molecule has 3 aromatic rings. The molecule has 0 fully saturated rings. The Morgan fingerprint density at radius 3 is 3.00 bits per heavy atom. The summed E-state index contributed by atoms with van der Waals surface area (Å²) in [4.78, 5) is 16.6.